The Morgan fingerprint density at radius 3 is 2.85 bits per heavy atom. The largest absolute Gasteiger partial charge is 0.312 e. The lowest BCUT2D eigenvalue weighted by Crippen LogP contribution is -2.18. The van der Waals surface area contributed by atoms with Gasteiger partial charge >= 0.3 is 0 Å². The van der Waals surface area contributed by atoms with Gasteiger partial charge in [-0.3, -0.25) is 4.68 Å². The summed E-state index contributed by atoms with van der Waals surface area (Å²) in [6.07, 6.45) is 8.37. The van der Waals surface area contributed by atoms with Gasteiger partial charge in [0, 0.05) is 23.5 Å². The molecule has 1 unspecified atom stereocenters. The van der Waals surface area contributed by atoms with E-state index in [1.807, 2.05) is 7.05 Å². The second-order valence-electron chi connectivity index (χ2n) is 5.41. The summed E-state index contributed by atoms with van der Waals surface area (Å²) in [6, 6.07) is 7.45. The van der Waals surface area contributed by atoms with Crippen molar-refractivity contribution >= 4 is 27.3 Å². The van der Waals surface area contributed by atoms with Gasteiger partial charge in [0.05, 0.1) is 15.5 Å². The summed E-state index contributed by atoms with van der Waals surface area (Å²) in [5.74, 6) is 0. The minimum Gasteiger partial charge on any atom is -0.312 e. The predicted molar refractivity (Wildman–Crippen MR) is 87.3 cm³/mol. The lowest BCUT2D eigenvalue weighted by molar-refractivity contribution is 0.459. The van der Waals surface area contributed by atoms with Crippen molar-refractivity contribution in [3.8, 4) is 0 Å². The molecule has 1 N–H and O–H groups in total. The Hall–Kier alpha value is -0.650. The summed E-state index contributed by atoms with van der Waals surface area (Å²) in [6.45, 7) is 0. The lowest BCUT2D eigenvalue weighted by Gasteiger charge is -2.13. The molecule has 2 aromatic rings. The highest BCUT2D eigenvalue weighted by Crippen LogP contribution is 2.31. The molecule has 2 heterocycles. The molecule has 20 heavy (non-hydrogen) atoms. The fourth-order valence-electron chi connectivity index (χ4n) is 2.93. The van der Waals surface area contributed by atoms with Crippen LogP contribution in [0.25, 0.3) is 0 Å². The van der Waals surface area contributed by atoms with Crippen molar-refractivity contribution in [2.75, 3.05) is 7.05 Å². The maximum Gasteiger partial charge on any atom is 0.0701 e. The highest BCUT2D eigenvalue weighted by atomic mass is 79.9. The maximum atomic E-state index is 4.78. The zero-order valence-electron chi connectivity index (χ0n) is 11.7. The van der Waals surface area contributed by atoms with E-state index >= 15 is 0 Å². The summed E-state index contributed by atoms with van der Waals surface area (Å²) in [7, 11) is 2.02. The average Bonchev–Trinajstić information content (AvgIpc) is 3.16. The summed E-state index contributed by atoms with van der Waals surface area (Å²) in [5, 5.41) is 8.18. The van der Waals surface area contributed by atoms with E-state index in [0.29, 0.717) is 12.1 Å². The van der Waals surface area contributed by atoms with E-state index in [9.17, 15) is 0 Å². The normalized spacial score (nSPS) is 17.7. The Balaban J connectivity index is 1.69. The number of thiophene rings is 1. The van der Waals surface area contributed by atoms with Crippen molar-refractivity contribution in [2.45, 2.75) is 44.2 Å². The molecular weight excluding hydrogens is 334 g/mol. The summed E-state index contributed by atoms with van der Waals surface area (Å²) >= 11 is 5.33. The maximum absolute atomic E-state index is 4.78. The molecule has 1 aliphatic carbocycles. The quantitative estimate of drug-likeness (QED) is 0.866. The first-order chi connectivity index (χ1) is 9.76. The molecule has 3 rings (SSSR count). The van der Waals surface area contributed by atoms with Crippen molar-refractivity contribution in [3.63, 3.8) is 0 Å². The van der Waals surface area contributed by atoms with Crippen LogP contribution in [0.3, 0.4) is 0 Å². The van der Waals surface area contributed by atoms with Crippen molar-refractivity contribution in [2.24, 2.45) is 0 Å². The molecule has 5 heteroatoms. The minimum atomic E-state index is 0.346. The van der Waals surface area contributed by atoms with Crippen LogP contribution < -0.4 is 5.32 Å². The van der Waals surface area contributed by atoms with Crippen LogP contribution in [0.1, 0.15) is 48.3 Å². The van der Waals surface area contributed by atoms with E-state index < -0.39 is 0 Å². The van der Waals surface area contributed by atoms with Crippen molar-refractivity contribution in [1.29, 1.82) is 0 Å². The Morgan fingerprint density at radius 2 is 2.20 bits per heavy atom. The SMILES string of the molecule is CNC(Cc1ccn(C2CCCC2)n1)c1ccc(Br)s1. The zero-order valence-corrected chi connectivity index (χ0v) is 14.1. The molecule has 1 fully saturated rings. The van der Waals surface area contributed by atoms with Crippen molar-refractivity contribution < 1.29 is 0 Å². The fraction of sp³-hybridized carbons (Fsp3) is 0.533. The van der Waals surface area contributed by atoms with Crippen LogP contribution in [0.5, 0.6) is 0 Å². The van der Waals surface area contributed by atoms with Crippen LogP contribution in [0.2, 0.25) is 0 Å². The van der Waals surface area contributed by atoms with Gasteiger partial charge in [0.15, 0.2) is 0 Å². The molecule has 0 amide bonds. The van der Waals surface area contributed by atoms with Crippen LogP contribution in [-0.4, -0.2) is 16.8 Å². The third-order valence-electron chi connectivity index (χ3n) is 4.06. The first-order valence-electron chi connectivity index (χ1n) is 7.23. The van der Waals surface area contributed by atoms with Gasteiger partial charge in [0.1, 0.15) is 0 Å². The number of hydrogen-bond donors (Lipinski definition) is 1. The Bertz CT molecular complexity index is 557. The van der Waals surface area contributed by atoms with E-state index in [4.69, 9.17) is 5.10 Å². The standard InChI is InChI=1S/C15H20BrN3S/c1-17-13(14-6-7-15(16)20-14)10-11-8-9-19(18-11)12-4-2-3-5-12/h6-9,12-13,17H,2-5,10H2,1H3. The summed E-state index contributed by atoms with van der Waals surface area (Å²) in [4.78, 5) is 1.36. The van der Waals surface area contributed by atoms with Gasteiger partial charge in [-0.15, -0.1) is 11.3 Å². The molecule has 1 atom stereocenters. The smallest absolute Gasteiger partial charge is 0.0701 e. The van der Waals surface area contributed by atoms with Crippen LogP contribution in [0.4, 0.5) is 0 Å². The molecule has 2 aromatic heterocycles. The number of aromatic nitrogens is 2. The van der Waals surface area contributed by atoms with Gasteiger partial charge in [-0.05, 0) is 54.0 Å². The monoisotopic (exact) mass is 353 g/mol. The fourth-order valence-corrected chi connectivity index (χ4v) is 4.46. The van der Waals surface area contributed by atoms with E-state index in [1.54, 1.807) is 11.3 Å². The van der Waals surface area contributed by atoms with Crippen LogP contribution in [0.15, 0.2) is 28.2 Å². The number of likely N-dealkylation sites (N-methyl/N-ethyl adjacent to an activating group) is 1. The Labute approximate surface area is 132 Å². The van der Waals surface area contributed by atoms with Crippen LogP contribution in [-0.2, 0) is 6.42 Å². The highest BCUT2D eigenvalue weighted by Gasteiger charge is 2.19. The van der Waals surface area contributed by atoms with E-state index in [1.165, 1.54) is 40.0 Å². The lowest BCUT2D eigenvalue weighted by atomic mass is 10.1. The van der Waals surface area contributed by atoms with E-state index in [-0.39, 0.29) is 0 Å². The molecule has 1 saturated carbocycles. The Morgan fingerprint density at radius 1 is 1.40 bits per heavy atom. The first-order valence-corrected chi connectivity index (χ1v) is 8.84. The molecule has 1 aliphatic rings. The number of nitrogens with one attached hydrogen (secondary N) is 1. The first kappa shape index (κ1) is 14.3. The molecule has 108 valence electrons. The van der Waals surface area contributed by atoms with Gasteiger partial charge in [0.2, 0.25) is 0 Å². The van der Waals surface area contributed by atoms with Crippen LogP contribution >= 0.6 is 27.3 Å². The average molecular weight is 354 g/mol. The number of nitrogens with zero attached hydrogens (tertiary/aromatic N) is 2. The second-order valence-corrected chi connectivity index (χ2v) is 7.91. The molecule has 0 saturated heterocycles. The minimum absolute atomic E-state index is 0.346. The second kappa shape index (κ2) is 6.41. The number of rotatable bonds is 5. The molecular formula is C15H20BrN3S. The molecule has 0 aliphatic heterocycles. The van der Waals surface area contributed by atoms with Gasteiger partial charge in [-0.2, -0.15) is 5.10 Å². The summed E-state index contributed by atoms with van der Waals surface area (Å²) in [5.41, 5.74) is 1.18. The third-order valence-corrected chi connectivity index (χ3v) is 5.80. The van der Waals surface area contributed by atoms with E-state index in [0.717, 1.165) is 6.42 Å². The third kappa shape index (κ3) is 3.15. The Kier molecular flexibility index (Phi) is 4.58. The van der Waals surface area contributed by atoms with Gasteiger partial charge in [-0.25, -0.2) is 0 Å². The van der Waals surface area contributed by atoms with Gasteiger partial charge in [0.25, 0.3) is 0 Å². The topological polar surface area (TPSA) is 29.9 Å². The van der Waals surface area contributed by atoms with Gasteiger partial charge < -0.3 is 5.32 Å². The predicted octanol–water partition coefficient (Wildman–Crippen LogP) is 4.33. The molecule has 0 aromatic carbocycles. The number of hydrogen-bond acceptors (Lipinski definition) is 3. The van der Waals surface area contributed by atoms with Crippen molar-refractivity contribution in [3.05, 3.63) is 38.8 Å². The van der Waals surface area contributed by atoms with Gasteiger partial charge in [-0.1, -0.05) is 12.8 Å². The van der Waals surface area contributed by atoms with Crippen LogP contribution in [0, 0.1) is 0 Å². The number of halogens is 1. The molecule has 0 radical (unpaired) electrons. The molecule has 0 spiro atoms. The zero-order chi connectivity index (χ0) is 13.9. The highest BCUT2D eigenvalue weighted by molar-refractivity contribution is 9.11. The molecule has 0 bridgehead atoms. The molecule has 3 nitrogen and oxygen atoms in total. The van der Waals surface area contributed by atoms with Crippen molar-refractivity contribution in [1.82, 2.24) is 15.1 Å². The summed E-state index contributed by atoms with van der Waals surface area (Å²) < 4.78 is 3.36. The van der Waals surface area contributed by atoms with E-state index in [2.05, 4.69) is 50.3 Å².